The summed E-state index contributed by atoms with van der Waals surface area (Å²) in [4.78, 5) is 25.5. The van der Waals surface area contributed by atoms with Crippen molar-refractivity contribution < 1.29 is 32.6 Å². The van der Waals surface area contributed by atoms with Gasteiger partial charge in [0.05, 0.1) is 23.5 Å². The second-order valence-electron chi connectivity index (χ2n) is 10.6. The molecule has 0 spiro atoms. The van der Waals surface area contributed by atoms with Crippen LogP contribution in [0.15, 0.2) is 66.7 Å². The summed E-state index contributed by atoms with van der Waals surface area (Å²) in [5, 5.41) is 11.5. The van der Waals surface area contributed by atoms with Crippen LogP contribution in [0.25, 0.3) is 11.1 Å². The van der Waals surface area contributed by atoms with Gasteiger partial charge in [-0.25, -0.2) is 4.79 Å². The molecule has 1 heterocycles. The number of benzene rings is 3. The molecule has 1 aliphatic carbocycles. The number of nitrogens with zero attached hydrogens (tertiary/aromatic N) is 1. The minimum absolute atomic E-state index is 0.190. The zero-order valence-electron chi connectivity index (χ0n) is 22.1. The average Bonchev–Trinajstić information content (AvgIpc) is 2.92. The number of hydrogen-bond acceptors (Lipinski definition) is 3. The van der Waals surface area contributed by atoms with Crippen LogP contribution in [-0.2, 0) is 11.0 Å². The van der Waals surface area contributed by atoms with Gasteiger partial charge in [0.2, 0.25) is 0 Å². The van der Waals surface area contributed by atoms with Gasteiger partial charge in [0.1, 0.15) is 11.9 Å². The zero-order valence-corrected chi connectivity index (χ0v) is 22.1. The molecule has 1 aliphatic heterocycles. The van der Waals surface area contributed by atoms with E-state index < -0.39 is 23.7 Å². The number of halogens is 3. The smallest absolute Gasteiger partial charge is 0.418 e. The normalized spacial score (nSPS) is 20.8. The predicted molar refractivity (Wildman–Crippen MR) is 147 cm³/mol. The molecule has 9 heteroatoms. The lowest BCUT2D eigenvalue weighted by Crippen LogP contribution is -2.44. The number of nitrogens with one attached hydrogen (secondary N) is 1. The maximum absolute atomic E-state index is 13.4. The van der Waals surface area contributed by atoms with Crippen molar-refractivity contribution in [2.24, 2.45) is 5.92 Å². The number of carboxylic acid groups (broad SMARTS) is 1. The van der Waals surface area contributed by atoms with Crippen molar-refractivity contribution in [3.05, 3.63) is 77.9 Å². The number of carbonyl (C=O) groups excluding carboxylic acids is 1. The topological polar surface area (TPSA) is 78.9 Å². The number of amides is 2. The molecule has 0 saturated heterocycles. The Labute approximate surface area is 230 Å². The van der Waals surface area contributed by atoms with Crippen LogP contribution in [0.4, 0.5) is 29.3 Å². The summed E-state index contributed by atoms with van der Waals surface area (Å²) < 4.78 is 46.3. The number of aliphatic carboxylic acids is 1. The summed E-state index contributed by atoms with van der Waals surface area (Å²) in [6.45, 7) is 2.00. The molecule has 3 aromatic rings. The van der Waals surface area contributed by atoms with E-state index in [2.05, 4.69) is 17.4 Å². The molecule has 0 aromatic heterocycles. The maximum atomic E-state index is 13.4. The first kappa shape index (κ1) is 27.6. The molecule has 2 N–H and O–H groups in total. The van der Waals surface area contributed by atoms with Crippen LogP contribution in [0.5, 0.6) is 5.75 Å². The predicted octanol–water partition coefficient (Wildman–Crippen LogP) is 7.94. The molecule has 210 valence electrons. The number of carbonyl (C=O) groups is 2. The molecule has 2 aliphatic rings. The highest BCUT2D eigenvalue weighted by atomic mass is 19.4. The molecule has 0 bridgehead atoms. The SMILES string of the molecule is CC1CN(C(=O)Nc2ccccc2C(F)(F)F)c2ccc(-c3ccc(C4CCC(CC(=O)O)CC4)cc3)cc2O1. The summed E-state index contributed by atoms with van der Waals surface area (Å²) in [6, 6.07) is 18.0. The number of rotatable bonds is 5. The van der Waals surface area contributed by atoms with E-state index >= 15 is 0 Å². The quantitative estimate of drug-likeness (QED) is 0.337. The molecule has 6 nitrogen and oxygen atoms in total. The van der Waals surface area contributed by atoms with Crippen LogP contribution in [0.2, 0.25) is 0 Å². The van der Waals surface area contributed by atoms with Crippen LogP contribution >= 0.6 is 0 Å². The highest BCUT2D eigenvalue weighted by Crippen LogP contribution is 2.40. The molecule has 5 rings (SSSR count). The van der Waals surface area contributed by atoms with E-state index in [0.717, 1.165) is 42.9 Å². The fourth-order valence-corrected chi connectivity index (χ4v) is 5.73. The van der Waals surface area contributed by atoms with Crippen molar-refractivity contribution in [3.63, 3.8) is 0 Å². The lowest BCUT2D eigenvalue weighted by molar-refractivity contribution is -0.138. The van der Waals surface area contributed by atoms with E-state index in [9.17, 15) is 22.8 Å². The minimum Gasteiger partial charge on any atom is -0.487 e. The van der Waals surface area contributed by atoms with Gasteiger partial charge in [0, 0.05) is 6.42 Å². The van der Waals surface area contributed by atoms with Crippen molar-refractivity contribution >= 4 is 23.4 Å². The molecule has 1 unspecified atom stereocenters. The summed E-state index contributed by atoms with van der Waals surface area (Å²) in [6.07, 6.45) is -0.907. The number of hydrogen-bond donors (Lipinski definition) is 2. The molecule has 1 atom stereocenters. The molecule has 1 saturated carbocycles. The van der Waals surface area contributed by atoms with E-state index in [1.54, 1.807) is 13.0 Å². The molecule has 0 radical (unpaired) electrons. The number of anilines is 2. The molecular formula is C31H31F3N2O4. The lowest BCUT2D eigenvalue weighted by Gasteiger charge is -2.34. The van der Waals surface area contributed by atoms with Crippen LogP contribution < -0.4 is 15.0 Å². The van der Waals surface area contributed by atoms with Gasteiger partial charge in [-0.3, -0.25) is 9.69 Å². The number of alkyl halides is 3. The van der Waals surface area contributed by atoms with Crippen LogP contribution in [0.3, 0.4) is 0 Å². The molecule has 3 aromatic carbocycles. The van der Waals surface area contributed by atoms with Gasteiger partial charge in [0.15, 0.2) is 0 Å². The van der Waals surface area contributed by atoms with Gasteiger partial charge in [-0.05, 0) is 85.4 Å². The Morgan fingerprint density at radius 3 is 2.33 bits per heavy atom. The second-order valence-corrected chi connectivity index (χ2v) is 10.6. The van der Waals surface area contributed by atoms with Gasteiger partial charge in [-0.1, -0.05) is 42.5 Å². The zero-order chi connectivity index (χ0) is 28.4. The Hall–Kier alpha value is -4.01. The molecule has 1 fully saturated rings. The van der Waals surface area contributed by atoms with Crippen molar-refractivity contribution in [2.45, 2.75) is 57.2 Å². The van der Waals surface area contributed by atoms with Gasteiger partial charge in [-0.15, -0.1) is 0 Å². The largest absolute Gasteiger partial charge is 0.487 e. The second kappa shape index (κ2) is 11.2. The first-order valence-electron chi connectivity index (χ1n) is 13.5. The van der Waals surface area contributed by atoms with E-state index in [1.165, 1.54) is 28.7 Å². The van der Waals surface area contributed by atoms with Gasteiger partial charge in [0.25, 0.3) is 0 Å². The van der Waals surface area contributed by atoms with Gasteiger partial charge < -0.3 is 15.2 Å². The first-order chi connectivity index (χ1) is 19.1. The van der Waals surface area contributed by atoms with E-state index in [1.807, 2.05) is 24.3 Å². The third-order valence-electron chi connectivity index (χ3n) is 7.76. The first-order valence-corrected chi connectivity index (χ1v) is 13.5. The highest BCUT2D eigenvalue weighted by molar-refractivity contribution is 6.03. The fraction of sp³-hybridized carbons (Fsp3) is 0.355. The number of fused-ring (bicyclic) bond motifs is 1. The Balaban J connectivity index is 1.31. The number of para-hydroxylation sites is 1. The van der Waals surface area contributed by atoms with Crippen molar-refractivity contribution in [1.82, 2.24) is 0 Å². The number of carboxylic acids is 1. The molecular weight excluding hydrogens is 521 g/mol. The van der Waals surface area contributed by atoms with Crippen LogP contribution in [0, 0.1) is 5.92 Å². The summed E-state index contributed by atoms with van der Waals surface area (Å²) in [5.41, 5.74) is 2.39. The fourth-order valence-electron chi connectivity index (χ4n) is 5.73. The number of urea groups is 1. The Morgan fingerprint density at radius 2 is 1.65 bits per heavy atom. The van der Waals surface area contributed by atoms with Crippen LogP contribution in [0.1, 0.15) is 56.1 Å². The maximum Gasteiger partial charge on any atom is 0.418 e. The molecule has 2 amide bonds. The summed E-state index contributed by atoms with van der Waals surface area (Å²) in [5.74, 6) is 0.427. The van der Waals surface area contributed by atoms with Crippen LogP contribution in [-0.4, -0.2) is 29.8 Å². The standard InChI is InChI=1S/C31H31F3N2O4/c1-19-18-36(30(39)35-26-5-3-2-4-25(26)31(32,33)34)27-15-14-24(17-28(27)40-19)23-12-10-22(11-13-23)21-8-6-20(7-9-21)16-29(37)38/h2-5,10-15,17,19-21H,6-9,16,18H2,1H3,(H,35,39)(H,37,38). The Morgan fingerprint density at radius 1 is 0.975 bits per heavy atom. The summed E-state index contributed by atoms with van der Waals surface area (Å²) >= 11 is 0. The lowest BCUT2D eigenvalue weighted by atomic mass is 9.77. The Bertz CT molecular complexity index is 1380. The average molecular weight is 553 g/mol. The molecule has 40 heavy (non-hydrogen) atoms. The monoisotopic (exact) mass is 552 g/mol. The minimum atomic E-state index is -4.59. The van der Waals surface area contributed by atoms with Crippen molar-refractivity contribution in [2.75, 3.05) is 16.8 Å². The van der Waals surface area contributed by atoms with E-state index in [4.69, 9.17) is 9.84 Å². The van der Waals surface area contributed by atoms with Crippen molar-refractivity contribution in [1.29, 1.82) is 0 Å². The highest BCUT2D eigenvalue weighted by Gasteiger charge is 2.35. The summed E-state index contributed by atoms with van der Waals surface area (Å²) in [7, 11) is 0. The van der Waals surface area contributed by atoms with Crippen molar-refractivity contribution in [3.8, 4) is 16.9 Å². The number of ether oxygens (including phenoxy) is 1. The van der Waals surface area contributed by atoms with E-state index in [0.29, 0.717) is 17.4 Å². The third kappa shape index (κ3) is 6.08. The van der Waals surface area contributed by atoms with E-state index in [-0.39, 0.29) is 30.7 Å². The third-order valence-corrected chi connectivity index (χ3v) is 7.76. The van der Waals surface area contributed by atoms with Gasteiger partial charge >= 0.3 is 18.2 Å². The Kier molecular flexibility index (Phi) is 7.74. The van der Waals surface area contributed by atoms with Gasteiger partial charge in [-0.2, -0.15) is 13.2 Å².